The first-order valence-corrected chi connectivity index (χ1v) is 8.37. The molecule has 0 amide bonds. The Morgan fingerprint density at radius 3 is 2.67 bits per heavy atom. The smallest absolute Gasteiger partial charge is 0.307 e. The van der Waals surface area contributed by atoms with Gasteiger partial charge in [-0.05, 0) is 61.3 Å². The molecular formula is C19H20ClNO3. The third kappa shape index (κ3) is 4.08. The van der Waals surface area contributed by atoms with E-state index in [1.165, 1.54) is 0 Å². The number of likely N-dealkylation sites (tertiary alicyclic amines) is 1. The van der Waals surface area contributed by atoms with Crippen LogP contribution in [0.25, 0.3) is 0 Å². The van der Waals surface area contributed by atoms with Gasteiger partial charge in [-0.3, -0.25) is 9.69 Å². The second-order valence-corrected chi connectivity index (χ2v) is 6.65. The van der Waals surface area contributed by atoms with Crippen LogP contribution in [0.1, 0.15) is 17.5 Å². The minimum atomic E-state index is -0.695. The van der Waals surface area contributed by atoms with Crippen LogP contribution in [0.5, 0.6) is 11.5 Å². The highest BCUT2D eigenvalue weighted by Crippen LogP contribution is 2.28. The van der Waals surface area contributed by atoms with Crippen molar-refractivity contribution in [2.24, 2.45) is 5.92 Å². The zero-order chi connectivity index (χ0) is 17.1. The number of carboxylic acids is 1. The number of aliphatic carboxylic acids is 1. The minimum Gasteiger partial charge on any atom is -0.481 e. The van der Waals surface area contributed by atoms with Crippen LogP contribution in [0.4, 0.5) is 0 Å². The molecule has 0 spiro atoms. The Morgan fingerprint density at radius 1 is 1.29 bits per heavy atom. The molecule has 1 unspecified atom stereocenters. The van der Waals surface area contributed by atoms with Crippen LogP contribution in [0.2, 0.25) is 5.02 Å². The number of aryl methyl sites for hydroxylation is 1. The fraction of sp³-hybridized carbons (Fsp3) is 0.316. The van der Waals surface area contributed by atoms with E-state index in [-0.39, 0.29) is 5.92 Å². The van der Waals surface area contributed by atoms with Gasteiger partial charge in [0.25, 0.3) is 0 Å². The molecule has 1 aliphatic rings. The number of halogens is 1. The number of carboxylic acid groups (broad SMARTS) is 1. The molecule has 0 bridgehead atoms. The van der Waals surface area contributed by atoms with E-state index in [0.29, 0.717) is 11.6 Å². The molecule has 3 rings (SSSR count). The summed E-state index contributed by atoms with van der Waals surface area (Å²) in [4.78, 5) is 13.2. The second-order valence-electron chi connectivity index (χ2n) is 6.21. The van der Waals surface area contributed by atoms with Crippen LogP contribution in [0, 0.1) is 12.8 Å². The molecule has 1 heterocycles. The molecule has 2 aromatic carbocycles. The summed E-state index contributed by atoms with van der Waals surface area (Å²) < 4.78 is 5.89. The Bertz CT molecular complexity index is 730. The van der Waals surface area contributed by atoms with Crippen molar-refractivity contribution in [3.8, 4) is 11.5 Å². The zero-order valence-corrected chi connectivity index (χ0v) is 14.3. The lowest BCUT2D eigenvalue weighted by Crippen LogP contribution is -2.22. The summed E-state index contributed by atoms with van der Waals surface area (Å²) in [5.74, 6) is 0.630. The predicted octanol–water partition coefficient (Wildman–Crippen LogP) is 4.35. The number of hydrogen-bond donors (Lipinski definition) is 1. The van der Waals surface area contributed by atoms with Crippen molar-refractivity contribution in [2.75, 3.05) is 13.1 Å². The van der Waals surface area contributed by atoms with Crippen LogP contribution in [0.3, 0.4) is 0 Å². The number of carbonyl (C=O) groups is 1. The molecule has 24 heavy (non-hydrogen) atoms. The lowest BCUT2D eigenvalue weighted by Gasteiger charge is -2.15. The van der Waals surface area contributed by atoms with Gasteiger partial charge in [-0.2, -0.15) is 0 Å². The Labute approximate surface area is 146 Å². The molecule has 0 radical (unpaired) electrons. The summed E-state index contributed by atoms with van der Waals surface area (Å²) >= 11 is 5.95. The molecule has 5 heteroatoms. The van der Waals surface area contributed by atoms with Gasteiger partial charge in [-0.15, -0.1) is 0 Å². The van der Waals surface area contributed by atoms with Crippen molar-refractivity contribution in [1.29, 1.82) is 0 Å². The normalized spacial score (nSPS) is 17.8. The van der Waals surface area contributed by atoms with Crippen LogP contribution in [-0.2, 0) is 11.3 Å². The lowest BCUT2D eigenvalue weighted by atomic mass is 10.1. The number of ether oxygens (including phenoxy) is 1. The SMILES string of the molecule is Cc1cc(Cl)ccc1Oc1ccc(CN2CCC(C(=O)O)C2)cc1. The van der Waals surface area contributed by atoms with Gasteiger partial charge in [-0.25, -0.2) is 0 Å². The Morgan fingerprint density at radius 2 is 2.04 bits per heavy atom. The summed E-state index contributed by atoms with van der Waals surface area (Å²) in [7, 11) is 0. The van der Waals surface area contributed by atoms with E-state index in [1.54, 1.807) is 0 Å². The summed E-state index contributed by atoms with van der Waals surface area (Å²) in [5, 5.41) is 9.76. The van der Waals surface area contributed by atoms with E-state index < -0.39 is 5.97 Å². The van der Waals surface area contributed by atoms with E-state index in [0.717, 1.165) is 42.1 Å². The third-order valence-electron chi connectivity index (χ3n) is 4.32. The van der Waals surface area contributed by atoms with Crippen molar-refractivity contribution >= 4 is 17.6 Å². The van der Waals surface area contributed by atoms with Gasteiger partial charge in [0, 0.05) is 18.1 Å². The molecule has 1 N–H and O–H groups in total. The van der Waals surface area contributed by atoms with Gasteiger partial charge in [0.1, 0.15) is 11.5 Å². The van der Waals surface area contributed by atoms with Gasteiger partial charge in [0.05, 0.1) is 5.92 Å². The van der Waals surface area contributed by atoms with Crippen LogP contribution in [0.15, 0.2) is 42.5 Å². The first-order chi connectivity index (χ1) is 11.5. The molecule has 0 saturated carbocycles. The van der Waals surface area contributed by atoms with Crippen molar-refractivity contribution in [3.63, 3.8) is 0 Å². The third-order valence-corrected chi connectivity index (χ3v) is 4.55. The molecule has 4 nitrogen and oxygen atoms in total. The molecule has 2 aromatic rings. The van der Waals surface area contributed by atoms with Crippen LogP contribution < -0.4 is 4.74 Å². The standard InChI is InChI=1S/C19H20ClNO3/c1-13-10-16(20)4-7-18(13)24-17-5-2-14(3-6-17)11-21-9-8-15(12-21)19(22)23/h2-7,10,15H,8-9,11-12H2,1H3,(H,22,23). The highest BCUT2D eigenvalue weighted by molar-refractivity contribution is 6.30. The number of benzene rings is 2. The van der Waals surface area contributed by atoms with Gasteiger partial charge in [-0.1, -0.05) is 23.7 Å². The van der Waals surface area contributed by atoms with Crippen molar-refractivity contribution in [1.82, 2.24) is 4.90 Å². The van der Waals surface area contributed by atoms with E-state index in [2.05, 4.69) is 4.90 Å². The summed E-state index contributed by atoms with van der Waals surface area (Å²) in [6, 6.07) is 13.5. The molecule has 1 atom stereocenters. The molecule has 1 saturated heterocycles. The summed E-state index contributed by atoms with van der Waals surface area (Å²) in [6.07, 6.45) is 0.729. The molecule has 126 valence electrons. The maximum absolute atomic E-state index is 11.0. The molecular weight excluding hydrogens is 326 g/mol. The van der Waals surface area contributed by atoms with E-state index in [9.17, 15) is 4.79 Å². The highest BCUT2D eigenvalue weighted by Gasteiger charge is 2.27. The molecule has 1 aliphatic heterocycles. The first kappa shape index (κ1) is 16.8. The average molecular weight is 346 g/mol. The largest absolute Gasteiger partial charge is 0.481 e. The van der Waals surface area contributed by atoms with Crippen LogP contribution >= 0.6 is 11.6 Å². The van der Waals surface area contributed by atoms with Gasteiger partial charge in [0.15, 0.2) is 0 Å². The Kier molecular flexibility index (Phi) is 5.07. The molecule has 1 fully saturated rings. The highest BCUT2D eigenvalue weighted by atomic mass is 35.5. The summed E-state index contributed by atoms with van der Waals surface area (Å²) in [6.45, 7) is 4.18. The fourth-order valence-electron chi connectivity index (χ4n) is 2.95. The van der Waals surface area contributed by atoms with Gasteiger partial charge < -0.3 is 9.84 Å². The van der Waals surface area contributed by atoms with E-state index >= 15 is 0 Å². The summed E-state index contributed by atoms with van der Waals surface area (Å²) in [5.41, 5.74) is 2.14. The predicted molar refractivity (Wildman–Crippen MR) is 93.7 cm³/mol. The fourth-order valence-corrected chi connectivity index (χ4v) is 3.18. The minimum absolute atomic E-state index is 0.236. The number of nitrogens with zero attached hydrogens (tertiary/aromatic N) is 1. The van der Waals surface area contributed by atoms with Crippen molar-refractivity contribution in [3.05, 3.63) is 58.6 Å². The topological polar surface area (TPSA) is 49.8 Å². The van der Waals surface area contributed by atoms with Gasteiger partial charge >= 0.3 is 5.97 Å². The van der Waals surface area contributed by atoms with Crippen LogP contribution in [-0.4, -0.2) is 29.1 Å². The Hall–Kier alpha value is -2.04. The quantitative estimate of drug-likeness (QED) is 0.875. The van der Waals surface area contributed by atoms with Crippen molar-refractivity contribution < 1.29 is 14.6 Å². The maximum atomic E-state index is 11.0. The monoisotopic (exact) mass is 345 g/mol. The second kappa shape index (κ2) is 7.24. The molecule has 0 aliphatic carbocycles. The van der Waals surface area contributed by atoms with E-state index in [4.69, 9.17) is 21.4 Å². The number of rotatable bonds is 5. The number of hydrogen-bond acceptors (Lipinski definition) is 3. The lowest BCUT2D eigenvalue weighted by molar-refractivity contribution is -0.141. The van der Waals surface area contributed by atoms with E-state index in [1.807, 2.05) is 49.4 Å². The van der Waals surface area contributed by atoms with Gasteiger partial charge in [0.2, 0.25) is 0 Å². The average Bonchev–Trinajstić information content (AvgIpc) is 3.01. The first-order valence-electron chi connectivity index (χ1n) is 7.99. The Balaban J connectivity index is 1.60. The maximum Gasteiger partial charge on any atom is 0.307 e. The molecule has 0 aromatic heterocycles. The zero-order valence-electron chi connectivity index (χ0n) is 13.5. The van der Waals surface area contributed by atoms with Crippen molar-refractivity contribution in [2.45, 2.75) is 19.9 Å².